The Bertz CT molecular complexity index is 756. The van der Waals surface area contributed by atoms with Crippen molar-refractivity contribution in [1.82, 2.24) is 4.98 Å². The van der Waals surface area contributed by atoms with Crippen LogP contribution in [0, 0.1) is 23.6 Å². The van der Waals surface area contributed by atoms with E-state index in [0.29, 0.717) is 33.9 Å². The monoisotopic (exact) mass is 319 g/mol. The molecule has 2 aliphatic rings. The third-order valence-corrected chi connectivity index (χ3v) is 6.59. The van der Waals surface area contributed by atoms with Gasteiger partial charge in [0, 0.05) is 5.92 Å². The van der Waals surface area contributed by atoms with Crippen LogP contribution in [0.15, 0.2) is 12.1 Å². The number of carbonyl (C=O) groups is 1. The van der Waals surface area contributed by atoms with Crippen LogP contribution in [0.25, 0.3) is 10.2 Å². The number of halogens is 1. The maximum Gasteiger partial charge on any atom is 0.335 e. The first-order chi connectivity index (χ1) is 10.5. The molecule has 3 nitrogen and oxygen atoms in total. The molecule has 2 aromatic rings. The average Bonchev–Trinajstić information content (AvgIpc) is 2.97. The summed E-state index contributed by atoms with van der Waals surface area (Å²) in [6.45, 7) is 2.32. The van der Waals surface area contributed by atoms with Crippen LogP contribution >= 0.6 is 11.3 Å². The lowest BCUT2D eigenvalue weighted by Crippen LogP contribution is -2.19. The maximum atomic E-state index is 14.2. The number of nitrogens with zero attached hydrogens (tertiary/aromatic N) is 1. The number of fused-ring (bicyclic) bond motifs is 3. The fourth-order valence-electron chi connectivity index (χ4n) is 4.54. The van der Waals surface area contributed by atoms with Gasteiger partial charge < -0.3 is 5.11 Å². The smallest absolute Gasteiger partial charge is 0.335 e. The Balaban J connectivity index is 1.80. The molecule has 1 heterocycles. The Hall–Kier alpha value is -1.49. The normalized spacial score (nSPS) is 30.8. The molecule has 0 amide bonds. The summed E-state index contributed by atoms with van der Waals surface area (Å²) >= 11 is 1.48. The molecule has 2 aliphatic carbocycles. The van der Waals surface area contributed by atoms with Crippen LogP contribution in [0.5, 0.6) is 0 Å². The summed E-state index contributed by atoms with van der Waals surface area (Å²) in [6, 6.07) is 2.63. The molecule has 0 saturated heterocycles. The number of rotatable bonds is 2. The van der Waals surface area contributed by atoms with E-state index in [1.54, 1.807) is 6.07 Å². The summed E-state index contributed by atoms with van der Waals surface area (Å²) in [6.07, 6.45) is 5.01. The summed E-state index contributed by atoms with van der Waals surface area (Å²) < 4.78 is 14.8. The zero-order valence-electron chi connectivity index (χ0n) is 12.4. The highest BCUT2D eigenvalue weighted by Crippen LogP contribution is 2.55. The van der Waals surface area contributed by atoms with Gasteiger partial charge in [-0.05, 0) is 49.1 Å². The van der Waals surface area contributed by atoms with Crippen LogP contribution in [-0.4, -0.2) is 16.1 Å². The minimum absolute atomic E-state index is 0.000171. The Morgan fingerprint density at radius 3 is 2.95 bits per heavy atom. The largest absolute Gasteiger partial charge is 0.478 e. The van der Waals surface area contributed by atoms with Gasteiger partial charge in [-0.15, -0.1) is 11.3 Å². The molecule has 0 radical (unpaired) electrons. The molecule has 1 N–H and O–H groups in total. The van der Waals surface area contributed by atoms with Crippen LogP contribution in [0.4, 0.5) is 4.39 Å². The van der Waals surface area contributed by atoms with Crippen molar-refractivity contribution in [2.24, 2.45) is 17.8 Å². The number of aromatic carboxylic acids is 1. The summed E-state index contributed by atoms with van der Waals surface area (Å²) in [5, 5.41) is 10.1. The van der Waals surface area contributed by atoms with Crippen LogP contribution < -0.4 is 0 Å². The van der Waals surface area contributed by atoms with Crippen molar-refractivity contribution >= 4 is 27.5 Å². The summed E-state index contributed by atoms with van der Waals surface area (Å²) in [4.78, 5) is 15.6. The van der Waals surface area contributed by atoms with Crippen molar-refractivity contribution in [3.05, 3.63) is 28.5 Å². The highest BCUT2D eigenvalue weighted by atomic mass is 32.1. The van der Waals surface area contributed by atoms with E-state index in [9.17, 15) is 9.18 Å². The second-order valence-corrected chi connectivity index (χ2v) is 7.82. The second-order valence-electron chi connectivity index (χ2n) is 6.76. The highest BCUT2D eigenvalue weighted by Gasteiger charge is 2.45. The van der Waals surface area contributed by atoms with Gasteiger partial charge in [0.15, 0.2) is 5.82 Å². The molecular formula is C17H18FNO2S. The lowest BCUT2D eigenvalue weighted by atomic mass is 9.78. The van der Waals surface area contributed by atoms with E-state index < -0.39 is 11.8 Å². The molecule has 2 bridgehead atoms. The molecular weight excluding hydrogens is 301 g/mol. The number of hydrogen-bond donors (Lipinski definition) is 1. The highest BCUT2D eigenvalue weighted by molar-refractivity contribution is 7.18. The Labute approximate surface area is 132 Å². The zero-order valence-corrected chi connectivity index (χ0v) is 13.2. The predicted molar refractivity (Wildman–Crippen MR) is 83.9 cm³/mol. The lowest BCUT2D eigenvalue weighted by Gasteiger charge is -2.29. The third kappa shape index (κ3) is 2.06. The third-order valence-electron chi connectivity index (χ3n) is 5.48. The van der Waals surface area contributed by atoms with Crippen LogP contribution in [0.2, 0.25) is 0 Å². The molecule has 22 heavy (non-hydrogen) atoms. The van der Waals surface area contributed by atoms with Crippen molar-refractivity contribution < 1.29 is 14.3 Å². The van der Waals surface area contributed by atoms with Crippen LogP contribution in [0.1, 0.15) is 53.9 Å². The van der Waals surface area contributed by atoms with Gasteiger partial charge in [0.2, 0.25) is 0 Å². The van der Waals surface area contributed by atoms with E-state index in [1.807, 2.05) is 0 Å². The predicted octanol–water partition coefficient (Wildman–Crippen LogP) is 4.67. The van der Waals surface area contributed by atoms with Crippen molar-refractivity contribution in [1.29, 1.82) is 0 Å². The molecule has 0 aliphatic heterocycles. The first-order valence-electron chi connectivity index (χ1n) is 7.88. The minimum atomic E-state index is -1.10. The van der Waals surface area contributed by atoms with Crippen molar-refractivity contribution in [3.63, 3.8) is 0 Å². The van der Waals surface area contributed by atoms with Crippen molar-refractivity contribution in [2.75, 3.05) is 0 Å². The van der Waals surface area contributed by atoms with E-state index in [2.05, 4.69) is 11.9 Å². The van der Waals surface area contributed by atoms with Gasteiger partial charge in [0.1, 0.15) is 5.52 Å². The average molecular weight is 319 g/mol. The number of carboxylic acid groups (broad SMARTS) is 1. The Kier molecular flexibility index (Phi) is 3.22. The molecule has 3 unspecified atom stereocenters. The minimum Gasteiger partial charge on any atom is -0.478 e. The molecule has 2 saturated carbocycles. The summed E-state index contributed by atoms with van der Waals surface area (Å²) in [5.41, 5.74) is 0.336. The molecule has 1 aromatic carbocycles. The fraction of sp³-hybridized carbons (Fsp3) is 0.529. The molecule has 116 valence electrons. The van der Waals surface area contributed by atoms with E-state index in [0.717, 1.165) is 11.1 Å². The van der Waals surface area contributed by atoms with Gasteiger partial charge in [0.05, 0.1) is 15.3 Å². The fourth-order valence-corrected chi connectivity index (χ4v) is 5.83. The molecule has 2 fully saturated rings. The van der Waals surface area contributed by atoms with Gasteiger partial charge in [-0.25, -0.2) is 14.2 Å². The SMILES string of the molecule is C[C@H]1CC2CCCC1C2c1nc2c(F)cc(C(=O)O)cc2s1. The lowest BCUT2D eigenvalue weighted by molar-refractivity contribution is 0.0696. The quantitative estimate of drug-likeness (QED) is 0.875. The molecule has 0 spiro atoms. The van der Waals surface area contributed by atoms with E-state index in [-0.39, 0.29) is 5.56 Å². The topological polar surface area (TPSA) is 50.2 Å². The van der Waals surface area contributed by atoms with Crippen LogP contribution in [0.3, 0.4) is 0 Å². The van der Waals surface area contributed by atoms with Gasteiger partial charge in [-0.1, -0.05) is 13.3 Å². The Morgan fingerprint density at radius 2 is 2.23 bits per heavy atom. The maximum absolute atomic E-state index is 14.2. The van der Waals surface area contributed by atoms with Gasteiger partial charge in [-0.3, -0.25) is 0 Å². The van der Waals surface area contributed by atoms with Gasteiger partial charge >= 0.3 is 5.97 Å². The Morgan fingerprint density at radius 1 is 1.41 bits per heavy atom. The second kappa shape index (κ2) is 5.01. The molecule has 4 atom stereocenters. The summed E-state index contributed by atoms with van der Waals surface area (Å²) in [5.74, 6) is 0.853. The number of hydrogen-bond acceptors (Lipinski definition) is 3. The molecule has 1 aromatic heterocycles. The van der Waals surface area contributed by atoms with E-state index >= 15 is 0 Å². The first kappa shape index (κ1) is 14.1. The zero-order chi connectivity index (χ0) is 15.4. The standard InChI is InChI=1S/C17H18FNO2S/c1-8-5-9-3-2-4-11(8)14(9)16-19-15-12(18)6-10(17(20)21)7-13(15)22-16/h6-9,11,14H,2-5H2,1H3,(H,20,21)/t8-,9?,11?,14?/m0/s1. The number of thiazole rings is 1. The first-order valence-corrected chi connectivity index (χ1v) is 8.69. The number of benzene rings is 1. The molecule has 4 rings (SSSR count). The van der Waals surface area contributed by atoms with Gasteiger partial charge in [0.25, 0.3) is 0 Å². The van der Waals surface area contributed by atoms with E-state index in [4.69, 9.17) is 5.11 Å². The number of carboxylic acids is 1. The van der Waals surface area contributed by atoms with E-state index in [1.165, 1.54) is 37.0 Å². The van der Waals surface area contributed by atoms with Crippen LogP contribution in [-0.2, 0) is 0 Å². The number of aromatic nitrogens is 1. The van der Waals surface area contributed by atoms with Gasteiger partial charge in [-0.2, -0.15) is 0 Å². The van der Waals surface area contributed by atoms with Crippen molar-refractivity contribution in [3.8, 4) is 0 Å². The summed E-state index contributed by atoms with van der Waals surface area (Å²) in [7, 11) is 0. The van der Waals surface area contributed by atoms with Crippen molar-refractivity contribution in [2.45, 2.75) is 38.5 Å². The molecule has 5 heteroatoms.